The molecule has 2 aromatic rings. The zero-order chi connectivity index (χ0) is 11.4. The summed E-state index contributed by atoms with van der Waals surface area (Å²) in [6.45, 7) is 2.80. The van der Waals surface area contributed by atoms with Crippen molar-refractivity contribution < 1.29 is 0 Å². The maximum absolute atomic E-state index is 5.58. The van der Waals surface area contributed by atoms with Crippen molar-refractivity contribution in [2.45, 2.75) is 13.5 Å². The van der Waals surface area contributed by atoms with Crippen LogP contribution in [0.15, 0.2) is 42.6 Å². The Labute approximate surface area is 95.3 Å². The van der Waals surface area contributed by atoms with Gasteiger partial charge in [-0.3, -0.25) is 4.98 Å². The summed E-state index contributed by atoms with van der Waals surface area (Å²) in [6.07, 6.45) is 1.68. The fourth-order valence-corrected chi connectivity index (χ4v) is 1.50. The van der Waals surface area contributed by atoms with E-state index in [9.17, 15) is 0 Å². The van der Waals surface area contributed by atoms with Crippen LogP contribution in [0.3, 0.4) is 0 Å². The van der Waals surface area contributed by atoms with E-state index in [4.69, 9.17) is 5.73 Å². The van der Waals surface area contributed by atoms with Crippen molar-refractivity contribution in [3.63, 3.8) is 0 Å². The van der Waals surface area contributed by atoms with E-state index in [1.807, 2.05) is 24.3 Å². The van der Waals surface area contributed by atoms with E-state index in [1.54, 1.807) is 6.20 Å². The smallest absolute Gasteiger partial charge is 0.0596 e. The van der Waals surface area contributed by atoms with Crippen LogP contribution in [0, 0.1) is 6.92 Å². The third-order valence-electron chi connectivity index (χ3n) is 2.45. The Hall–Kier alpha value is -2.03. The Balaban J connectivity index is 2.02. The van der Waals surface area contributed by atoms with Crippen molar-refractivity contribution in [1.29, 1.82) is 0 Å². The predicted octanol–water partition coefficient (Wildman–Crippen LogP) is 2.58. The van der Waals surface area contributed by atoms with Crippen LogP contribution >= 0.6 is 0 Å². The summed E-state index contributed by atoms with van der Waals surface area (Å²) in [6, 6.07) is 12.0. The van der Waals surface area contributed by atoms with Crippen LogP contribution in [-0.2, 0) is 6.54 Å². The predicted molar refractivity (Wildman–Crippen MR) is 67.2 cm³/mol. The number of para-hydroxylation sites is 1. The molecule has 0 aliphatic heterocycles. The molecule has 1 heterocycles. The first kappa shape index (κ1) is 10.5. The van der Waals surface area contributed by atoms with Crippen LogP contribution in [0.1, 0.15) is 11.3 Å². The zero-order valence-electron chi connectivity index (χ0n) is 9.27. The molecule has 0 unspecified atom stereocenters. The zero-order valence-corrected chi connectivity index (χ0v) is 9.27. The van der Waals surface area contributed by atoms with E-state index in [1.165, 1.54) is 5.56 Å². The molecule has 0 spiro atoms. The summed E-state index contributed by atoms with van der Waals surface area (Å²) in [5.41, 5.74) is 9.63. The van der Waals surface area contributed by atoms with Gasteiger partial charge in [-0.05, 0) is 30.7 Å². The topological polar surface area (TPSA) is 50.9 Å². The summed E-state index contributed by atoms with van der Waals surface area (Å²) in [5.74, 6) is 0. The monoisotopic (exact) mass is 213 g/mol. The summed E-state index contributed by atoms with van der Waals surface area (Å²) >= 11 is 0. The van der Waals surface area contributed by atoms with Crippen LogP contribution in [0.4, 0.5) is 11.4 Å². The number of aromatic nitrogens is 1. The molecule has 0 fully saturated rings. The van der Waals surface area contributed by atoms with E-state index < -0.39 is 0 Å². The Bertz CT molecular complexity index is 463. The highest BCUT2D eigenvalue weighted by atomic mass is 14.9. The lowest BCUT2D eigenvalue weighted by molar-refractivity contribution is 1.04. The second-order valence-electron chi connectivity index (χ2n) is 3.75. The van der Waals surface area contributed by atoms with Crippen LogP contribution in [0.25, 0.3) is 0 Å². The largest absolute Gasteiger partial charge is 0.397 e. The number of pyridine rings is 1. The third-order valence-corrected chi connectivity index (χ3v) is 2.45. The van der Waals surface area contributed by atoms with Crippen LogP contribution in [-0.4, -0.2) is 4.98 Å². The second-order valence-corrected chi connectivity index (χ2v) is 3.75. The quantitative estimate of drug-likeness (QED) is 0.824. The molecule has 0 aliphatic carbocycles. The number of nitrogens with two attached hydrogens (primary N) is 1. The maximum Gasteiger partial charge on any atom is 0.0596 e. The molecule has 16 heavy (non-hydrogen) atoms. The summed E-state index contributed by atoms with van der Waals surface area (Å²) in [5, 5.41) is 3.35. The summed E-state index contributed by atoms with van der Waals surface area (Å²) in [4.78, 5) is 4.24. The lowest BCUT2D eigenvalue weighted by Gasteiger charge is -2.08. The average Bonchev–Trinajstić information content (AvgIpc) is 2.30. The highest BCUT2D eigenvalue weighted by molar-refractivity contribution is 5.50. The van der Waals surface area contributed by atoms with Crippen LogP contribution in [0.2, 0.25) is 0 Å². The number of nitrogen functional groups attached to an aromatic ring is 1. The molecule has 1 aromatic heterocycles. The van der Waals surface area contributed by atoms with Gasteiger partial charge in [0.25, 0.3) is 0 Å². The van der Waals surface area contributed by atoms with Crippen molar-refractivity contribution in [1.82, 2.24) is 4.98 Å². The molecular weight excluding hydrogens is 198 g/mol. The minimum atomic E-state index is 0.694. The first-order valence-corrected chi connectivity index (χ1v) is 5.25. The van der Waals surface area contributed by atoms with Crippen molar-refractivity contribution in [3.8, 4) is 0 Å². The number of aryl methyl sites for hydroxylation is 1. The molecule has 3 N–H and O–H groups in total. The van der Waals surface area contributed by atoms with Gasteiger partial charge in [0.05, 0.1) is 24.1 Å². The maximum atomic E-state index is 5.58. The SMILES string of the molecule is Cc1ccccc1NCc1ccc(N)cn1. The molecule has 1 aromatic carbocycles. The Morgan fingerprint density at radius 2 is 2.00 bits per heavy atom. The lowest BCUT2D eigenvalue weighted by Crippen LogP contribution is -2.02. The van der Waals surface area contributed by atoms with E-state index >= 15 is 0 Å². The summed E-state index contributed by atoms with van der Waals surface area (Å²) < 4.78 is 0. The first-order valence-electron chi connectivity index (χ1n) is 5.25. The van der Waals surface area contributed by atoms with Crippen molar-refractivity contribution >= 4 is 11.4 Å². The van der Waals surface area contributed by atoms with Crippen molar-refractivity contribution in [3.05, 3.63) is 53.9 Å². The third kappa shape index (κ3) is 2.51. The minimum absolute atomic E-state index is 0.694. The molecule has 0 saturated carbocycles. The molecule has 2 rings (SSSR count). The van der Waals surface area contributed by atoms with Gasteiger partial charge in [-0.2, -0.15) is 0 Å². The number of anilines is 2. The Kier molecular flexibility index (Phi) is 3.05. The van der Waals surface area contributed by atoms with Gasteiger partial charge in [-0.15, -0.1) is 0 Å². The Morgan fingerprint density at radius 3 is 2.69 bits per heavy atom. The normalized spacial score (nSPS) is 10.1. The Morgan fingerprint density at radius 1 is 1.19 bits per heavy atom. The lowest BCUT2D eigenvalue weighted by atomic mass is 10.2. The van der Waals surface area contributed by atoms with Gasteiger partial charge < -0.3 is 11.1 Å². The molecule has 0 aliphatic rings. The van der Waals surface area contributed by atoms with E-state index in [-0.39, 0.29) is 0 Å². The van der Waals surface area contributed by atoms with Crippen molar-refractivity contribution in [2.75, 3.05) is 11.1 Å². The molecule has 0 saturated heterocycles. The van der Waals surface area contributed by atoms with Gasteiger partial charge in [0, 0.05) is 5.69 Å². The van der Waals surface area contributed by atoms with Crippen LogP contribution in [0.5, 0.6) is 0 Å². The average molecular weight is 213 g/mol. The number of hydrogen-bond donors (Lipinski definition) is 2. The molecule has 0 amide bonds. The highest BCUT2D eigenvalue weighted by Gasteiger charge is 1.97. The van der Waals surface area contributed by atoms with E-state index in [2.05, 4.69) is 29.4 Å². The number of benzene rings is 1. The molecule has 82 valence electrons. The van der Waals surface area contributed by atoms with Gasteiger partial charge >= 0.3 is 0 Å². The minimum Gasteiger partial charge on any atom is -0.397 e. The molecular formula is C13H15N3. The van der Waals surface area contributed by atoms with Gasteiger partial charge in [0.1, 0.15) is 0 Å². The number of hydrogen-bond acceptors (Lipinski definition) is 3. The van der Waals surface area contributed by atoms with Crippen molar-refractivity contribution in [2.24, 2.45) is 0 Å². The first-order chi connectivity index (χ1) is 7.75. The van der Waals surface area contributed by atoms with Gasteiger partial charge in [-0.1, -0.05) is 18.2 Å². The fourth-order valence-electron chi connectivity index (χ4n) is 1.50. The van der Waals surface area contributed by atoms with Gasteiger partial charge in [-0.25, -0.2) is 0 Å². The van der Waals surface area contributed by atoms with Crippen LogP contribution < -0.4 is 11.1 Å². The number of nitrogens with one attached hydrogen (secondary N) is 1. The number of rotatable bonds is 3. The van der Waals surface area contributed by atoms with E-state index in [0.717, 1.165) is 11.4 Å². The molecule has 3 nitrogen and oxygen atoms in total. The highest BCUT2D eigenvalue weighted by Crippen LogP contribution is 2.14. The van der Waals surface area contributed by atoms with E-state index in [0.29, 0.717) is 12.2 Å². The van der Waals surface area contributed by atoms with Gasteiger partial charge in [0.2, 0.25) is 0 Å². The number of nitrogens with zero attached hydrogens (tertiary/aromatic N) is 1. The van der Waals surface area contributed by atoms with Gasteiger partial charge in [0.15, 0.2) is 0 Å². The summed E-state index contributed by atoms with van der Waals surface area (Å²) in [7, 11) is 0. The standard InChI is InChI=1S/C13H15N3/c1-10-4-2-3-5-13(10)16-9-12-7-6-11(14)8-15-12/h2-8,16H,9,14H2,1H3. The molecule has 0 atom stereocenters. The second kappa shape index (κ2) is 4.66. The molecule has 0 radical (unpaired) electrons. The molecule has 0 bridgehead atoms. The molecule has 3 heteroatoms. The fraction of sp³-hybridized carbons (Fsp3) is 0.154.